The SMILES string of the molecule is NC(=O)CN(c1ccc(-c2ccnc(Nc3ccc(N4CCOCC4)cc3)n2)cc1)c1ccncn1. The molecule has 3 N–H and O–H groups in total. The molecule has 5 rings (SSSR count). The number of aromatic nitrogens is 4. The molecule has 0 bridgehead atoms. The first-order valence-electron chi connectivity index (χ1n) is 11.6. The topological polar surface area (TPSA) is 122 Å². The molecule has 1 aliphatic heterocycles. The Morgan fingerprint density at radius 3 is 2.44 bits per heavy atom. The molecule has 36 heavy (non-hydrogen) atoms. The van der Waals surface area contributed by atoms with Crippen molar-refractivity contribution in [3.63, 3.8) is 0 Å². The number of benzene rings is 2. The summed E-state index contributed by atoms with van der Waals surface area (Å²) in [6, 6.07) is 19.5. The lowest BCUT2D eigenvalue weighted by Gasteiger charge is -2.28. The number of nitrogens with one attached hydrogen (secondary N) is 1. The first-order valence-corrected chi connectivity index (χ1v) is 11.6. The lowest BCUT2D eigenvalue weighted by molar-refractivity contribution is -0.116. The molecule has 2 aromatic carbocycles. The van der Waals surface area contributed by atoms with E-state index in [9.17, 15) is 4.79 Å². The van der Waals surface area contributed by atoms with Crippen LogP contribution in [0.1, 0.15) is 0 Å². The van der Waals surface area contributed by atoms with Crippen LogP contribution < -0.4 is 20.9 Å². The van der Waals surface area contributed by atoms with Gasteiger partial charge in [-0.3, -0.25) is 4.79 Å². The minimum absolute atomic E-state index is 0.00224. The van der Waals surface area contributed by atoms with E-state index in [1.54, 1.807) is 23.4 Å². The van der Waals surface area contributed by atoms with Gasteiger partial charge in [0.2, 0.25) is 11.9 Å². The molecule has 0 saturated carbocycles. The molecule has 0 aliphatic carbocycles. The quantitative estimate of drug-likeness (QED) is 0.390. The van der Waals surface area contributed by atoms with Crippen LogP contribution in [0.25, 0.3) is 11.3 Å². The number of hydrogen-bond donors (Lipinski definition) is 2. The van der Waals surface area contributed by atoms with Crippen LogP contribution in [0.15, 0.2) is 79.4 Å². The highest BCUT2D eigenvalue weighted by Crippen LogP contribution is 2.27. The van der Waals surface area contributed by atoms with Crippen molar-refractivity contribution in [2.24, 2.45) is 5.73 Å². The van der Waals surface area contributed by atoms with Crippen LogP contribution in [0.5, 0.6) is 0 Å². The van der Waals surface area contributed by atoms with Crippen LogP contribution >= 0.6 is 0 Å². The van der Waals surface area contributed by atoms with Gasteiger partial charge in [0.05, 0.1) is 18.9 Å². The highest BCUT2D eigenvalue weighted by Gasteiger charge is 2.14. The number of morpholine rings is 1. The molecule has 182 valence electrons. The number of primary amides is 1. The summed E-state index contributed by atoms with van der Waals surface area (Å²) >= 11 is 0. The third-order valence-corrected chi connectivity index (χ3v) is 5.79. The molecule has 0 radical (unpaired) electrons. The standard InChI is InChI=1S/C26H26N8O2/c27-24(35)17-34(25-10-11-28-18-30-25)22-5-1-19(2-6-22)23-9-12-29-26(32-23)31-20-3-7-21(8-4-20)33-13-15-36-16-14-33/h1-12,18H,13-17H2,(H2,27,35)(H,29,31,32). The van der Waals surface area contributed by atoms with E-state index in [1.165, 1.54) is 12.0 Å². The average molecular weight is 483 g/mol. The zero-order chi connectivity index (χ0) is 24.7. The van der Waals surface area contributed by atoms with E-state index in [1.807, 2.05) is 42.5 Å². The number of nitrogens with two attached hydrogens (primary N) is 1. The lowest BCUT2D eigenvalue weighted by atomic mass is 10.1. The van der Waals surface area contributed by atoms with Crippen LogP contribution in [0.4, 0.5) is 28.8 Å². The maximum atomic E-state index is 11.6. The number of rotatable bonds is 8. The van der Waals surface area contributed by atoms with Crippen molar-refractivity contribution < 1.29 is 9.53 Å². The van der Waals surface area contributed by atoms with Crippen molar-refractivity contribution in [1.82, 2.24) is 19.9 Å². The van der Waals surface area contributed by atoms with Gasteiger partial charge in [0, 0.05) is 48.1 Å². The lowest BCUT2D eigenvalue weighted by Crippen LogP contribution is -2.36. The fourth-order valence-electron chi connectivity index (χ4n) is 4.00. The Bertz CT molecular complexity index is 1290. The van der Waals surface area contributed by atoms with Crippen LogP contribution in [0.3, 0.4) is 0 Å². The molecule has 1 amide bonds. The minimum Gasteiger partial charge on any atom is -0.378 e. The fraction of sp³-hybridized carbons (Fsp3) is 0.192. The molecule has 1 fully saturated rings. The van der Waals surface area contributed by atoms with E-state index < -0.39 is 5.91 Å². The zero-order valence-electron chi connectivity index (χ0n) is 19.6. The smallest absolute Gasteiger partial charge is 0.237 e. The predicted molar refractivity (Wildman–Crippen MR) is 138 cm³/mol. The molecule has 0 atom stereocenters. The number of anilines is 5. The predicted octanol–water partition coefficient (Wildman–Crippen LogP) is 3.14. The van der Waals surface area contributed by atoms with Gasteiger partial charge in [0.1, 0.15) is 18.7 Å². The second kappa shape index (κ2) is 10.8. The van der Waals surface area contributed by atoms with Crippen LogP contribution in [0.2, 0.25) is 0 Å². The summed E-state index contributed by atoms with van der Waals surface area (Å²) in [5, 5.41) is 3.28. The van der Waals surface area contributed by atoms with Crippen molar-refractivity contribution in [2.45, 2.75) is 0 Å². The first kappa shape index (κ1) is 23.2. The van der Waals surface area contributed by atoms with E-state index in [0.29, 0.717) is 11.8 Å². The molecule has 10 heteroatoms. The van der Waals surface area contributed by atoms with Crippen molar-refractivity contribution >= 4 is 34.7 Å². The van der Waals surface area contributed by atoms with Crippen molar-refractivity contribution in [1.29, 1.82) is 0 Å². The fourth-order valence-corrected chi connectivity index (χ4v) is 4.00. The maximum absolute atomic E-state index is 11.6. The van der Waals surface area contributed by atoms with Gasteiger partial charge in [-0.15, -0.1) is 0 Å². The van der Waals surface area contributed by atoms with Gasteiger partial charge in [-0.1, -0.05) is 12.1 Å². The maximum Gasteiger partial charge on any atom is 0.237 e. The van der Waals surface area contributed by atoms with Gasteiger partial charge in [0.15, 0.2) is 0 Å². The molecular formula is C26H26N8O2. The molecule has 0 spiro atoms. The number of hydrogen-bond acceptors (Lipinski definition) is 9. The summed E-state index contributed by atoms with van der Waals surface area (Å²) in [5.74, 6) is 0.638. The molecular weight excluding hydrogens is 456 g/mol. The Morgan fingerprint density at radius 2 is 1.75 bits per heavy atom. The van der Waals surface area contributed by atoms with Gasteiger partial charge in [-0.2, -0.15) is 0 Å². The Balaban J connectivity index is 1.31. The molecule has 1 aliphatic rings. The van der Waals surface area contributed by atoms with Gasteiger partial charge < -0.3 is 25.6 Å². The Kier molecular flexibility index (Phi) is 6.95. The Hall–Kier alpha value is -4.57. The summed E-state index contributed by atoms with van der Waals surface area (Å²) in [7, 11) is 0. The average Bonchev–Trinajstić information content (AvgIpc) is 2.93. The van der Waals surface area contributed by atoms with Crippen molar-refractivity contribution in [3.8, 4) is 11.3 Å². The monoisotopic (exact) mass is 482 g/mol. The van der Waals surface area contributed by atoms with Gasteiger partial charge in [-0.05, 0) is 48.5 Å². The first-order chi connectivity index (χ1) is 17.7. The van der Waals surface area contributed by atoms with Crippen molar-refractivity contribution in [3.05, 3.63) is 79.4 Å². The molecule has 3 heterocycles. The summed E-state index contributed by atoms with van der Waals surface area (Å²) in [4.78, 5) is 32.9. The number of nitrogens with zero attached hydrogens (tertiary/aromatic N) is 6. The Morgan fingerprint density at radius 1 is 0.972 bits per heavy atom. The molecule has 4 aromatic rings. The number of amides is 1. The van der Waals surface area contributed by atoms with Gasteiger partial charge in [-0.25, -0.2) is 19.9 Å². The van der Waals surface area contributed by atoms with E-state index in [0.717, 1.165) is 48.9 Å². The highest BCUT2D eigenvalue weighted by molar-refractivity contribution is 5.82. The van der Waals surface area contributed by atoms with Crippen LogP contribution in [0, 0.1) is 0 Å². The number of carbonyl (C=O) groups excluding carboxylic acids is 1. The van der Waals surface area contributed by atoms with E-state index >= 15 is 0 Å². The third-order valence-electron chi connectivity index (χ3n) is 5.79. The third kappa shape index (κ3) is 5.56. The van der Waals surface area contributed by atoms with Gasteiger partial charge in [0.25, 0.3) is 0 Å². The van der Waals surface area contributed by atoms with E-state index in [4.69, 9.17) is 10.5 Å². The highest BCUT2D eigenvalue weighted by atomic mass is 16.5. The largest absolute Gasteiger partial charge is 0.378 e. The molecule has 0 unspecified atom stereocenters. The minimum atomic E-state index is -0.456. The summed E-state index contributed by atoms with van der Waals surface area (Å²) < 4.78 is 5.43. The Labute approximate surface area is 208 Å². The number of carbonyl (C=O) groups is 1. The number of ether oxygens (including phenoxy) is 1. The second-order valence-electron chi connectivity index (χ2n) is 8.20. The second-order valence-corrected chi connectivity index (χ2v) is 8.20. The van der Waals surface area contributed by atoms with Crippen LogP contribution in [-0.2, 0) is 9.53 Å². The molecule has 2 aromatic heterocycles. The summed E-state index contributed by atoms with van der Waals surface area (Å²) in [5.41, 5.74) is 10.0. The van der Waals surface area contributed by atoms with Crippen molar-refractivity contribution in [2.75, 3.05) is 48.0 Å². The molecule has 10 nitrogen and oxygen atoms in total. The normalized spacial score (nSPS) is 13.3. The summed E-state index contributed by atoms with van der Waals surface area (Å²) in [6.45, 7) is 3.31. The summed E-state index contributed by atoms with van der Waals surface area (Å²) in [6.07, 6.45) is 4.78. The van der Waals surface area contributed by atoms with Crippen LogP contribution in [-0.4, -0.2) is 58.7 Å². The van der Waals surface area contributed by atoms with Gasteiger partial charge >= 0.3 is 0 Å². The zero-order valence-corrected chi connectivity index (χ0v) is 19.6. The molecule has 1 saturated heterocycles. The van der Waals surface area contributed by atoms with E-state index in [-0.39, 0.29) is 6.54 Å². The van der Waals surface area contributed by atoms with E-state index in [2.05, 4.69) is 42.3 Å².